The fraction of sp³-hybridized carbons (Fsp3) is 0.250. The lowest BCUT2D eigenvalue weighted by atomic mass is 10.2. The Labute approximate surface area is 156 Å². The number of halogens is 1. The summed E-state index contributed by atoms with van der Waals surface area (Å²) in [5.41, 5.74) is 2.36. The van der Waals surface area contributed by atoms with Crippen LogP contribution in [0.15, 0.2) is 53.1 Å². The number of hydrogen-bond acceptors (Lipinski definition) is 4. The molecule has 0 radical (unpaired) electrons. The van der Waals surface area contributed by atoms with Crippen LogP contribution < -0.4 is 5.32 Å². The molecule has 3 aromatic rings. The first-order chi connectivity index (χ1) is 13.1. The lowest BCUT2D eigenvalue weighted by Crippen LogP contribution is -2.34. The number of nitrogens with one attached hydrogen (secondary N) is 1. The molecule has 2 amide bonds. The Kier molecular flexibility index (Phi) is 4.58. The maximum absolute atomic E-state index is 13.4. The number of rotatable bonds is 3. The van der Waals surface area contributed by atoms with Crippen LogP contribution in [0.1, 0.15) is 30.3 Å². The van der Waals surface area contributed by atoms with Crippen molar-refractivity contribution in [2.24, 2.45) is 0 Å². The van der Waals surface area contributed by atoms with Gasteiger partial charge < -0.3 is 14.7 Å². The Morgan fingerprint density at radius 2 is 2.11 bits per heavy atom. The lowest BCUT2D eigenvalue weighted by molar-refractivity contribution is 0.193. The first-order valence-corrected chi connectivity index (χ1v) is 8.84. The average Bonchev–Trinajstić information content (AvgIpc) is 3.31. The third-order valence-corrected chi connectivity index (χ3v) is 4.59. The Morgan fingerprint density at radius 3 is 2.93 bits per heavy atom. The molecule has 1 aliphatic heterocycles. The molecule has 7 heteroatoms. The number of aryl methyl sites for hydroxylation is 1. The van der Waals surface area contributed by atoms with E-state index in [1.807, 2.05) is 31.2 Å². The van der Waals surface area contributed by atoms with Gasteiger partial charge in [-0.1, -0.05) is 29.4 Å². The highest BCUT2D eigenvalue weighted by molar-refractivity contribution is 5.89. The Morgan fingerprint density at radius 1 is 1.26 bits per heavy atom. The van der Waals surface area contributed by atoms with Crippen molar-refractivity contribution in [3.8, 4) is 11.4 Å². The van der Waals surface area contributed by atoms with E-state index < -0.39 is 0 Å². The number of benzene rings is 2. The SMILES string of the molecule is Cc1cccc(NC(=O)N2CCC[C@@H]2c2nc(-c3cccc(F)c3)no2)c1. The van der Waals surface area contributed by atoms with Gasteiger partial charge in [0.05, 0.1) is 0 Å². The number of amides is 2. The zero-order valence-corrected chi connectivity index (χ0v) is 14.9. The summed E-state index contributed by atoms with van der Waals surface area (Å²) in [5.74, 6) is 0.320. The Hall–Kier alpha value is -3.22. The molecule has 2 aromatic carbocycles. The molecular weight excluding hydrogens is 347 g/mol. The summed E-state index contributed by atoms with van der Waals surface area (Å²) in [7, 11) is 0. The Balaban J connectivity index is 1.52. The van der Waals surface area contributed by atoms with E-state index in [4.69, 9.17) is 4.52 Å². The maximum atomic E-state index is 13.4. The average molecular weight is 366 g/mol. The van der Waals surface area contributed by atoms with Crippen LogP contribution in [0, 0.1) is 12.7 Å². The number of aromatic nitrogens is 2. The van der Waals surface area contributed by atoms with Gasteiger partial charge in [-0.25, -0.2) is 9.18 Å². The fourth-order valence-corrected chi connectivity index (χ4v) is 3.30. The van der Waals surface area contributed by atoms with Crippen LogP contribution in [0.5, 0.6) is 0 Å². The highest BCUT2D eigenvalue weighted by Gasteiger charge is 2.34. The highest BCUT2D eigenvalue weighted by Crippen LogP contribution is 2.32. The van der Waals surface area contributed by atoms with Crippen LogP contribution in [-0.4, -0.2) is 27.6 Å². The summed E-state index contributed by atoms with van der Waals surface area (Å²) >= 11 is 0. The van der Waals surface area contributed by atoms with E-state index in [-0.39, 0.29) is 17.9 Å². The molecule has 0 aliphatic carbocycles. The summed E-state index contributed by atoms with van der Waals surface area (Å²) in [5, 5.41) is 6.87. The standard InChI is InChI=1S/C20H19FN4O2/c1-13-5-2-8-16(11-13)22-20(26)25-10-4-9-17(25)19-23-18(24-27-19)14-6-3-7-15(21)12-14/h2-3,5-8,11-12,17H,4,9-10H2,1H3,(H,22,26)/t17-/m1/s1. The predicted molar refractivity (Wildman–Crippen MR) is 98.6 cm³/mol. The molecule has 1 saturated heterocycles. The molecule has 2 heterocycles. The van der Waals surface area contributed by atoms with Gasteiger partial charge in [-0.2, -0.15) is 4.98 Å². The summed E-state index contributed by atoms with van der Waals surface area (Å²) in [6.07, 6.45) is 1.59. The number of carbonyl (C=O) groups excluding carboxylic acids is 1. The van der Waals surface area contributed by atoms with Crippen molar-refractivity contribution in [3.63, 3.8) is 0 Å². The van der Waals surface area contributed by atoms with Crippen molar-refractivity contribution < 1.29 is 13.7 Å². The summed E-state index contributed by atoms with van der Waals surface area (Å²) in [6.45, 7) is 2.58. The molecule has 1 fully saturated rings. The van der Waals surface area contributed by atoms with Crippen molar-refractivity contribution in [2.75, 3.05) is 11.9 Å². The van der Waals surface area contributed by atoms with E-state index in [0.29, 0.717) is 23.8 Å². The molecule has 27 heavy (non-hydrogen) atoms. The van der Waals surface area contributed by atoms with Gasteiger partial charge in [0.25, 0.3) is 0 Å². The minimum Gasteiger partial charge on any atom is -0.337 e. The molecule has 138 valence electrons. The topological polar surface area (TPSA) is 71.3 Å². The zero-order valence-electron chi connectivity index (χ0n) is 14.9. The number of hydrogen-bond donors (Lipinski definition) is 1. The van der Waals surface area contributed by atoms with Gasteiger partial charge in [-0.3, -0.25) is 0 Å². The molecule has 0 bridgehead atoms. The lowest BCUT2D eigenvalue weighted by Gasteiger charge is -2.22. The summed E-state index contributed by atoms with van der Waals surface area (Å²) in [4.78, 5) is 18.8. The number of carbonyl (C=O) groups is 1. The smallest absolute Gasteiger partial charge is 0.322 e. The van der Waals surface area contributed by atoms with Gasteiger partial charge in [-0.15, -0.1) is 0 Å². The van der Waals surface area contributed by atoms with E-state index in [0.717, 1.165) is 24.1 Å². The second-order valence-electron chi connectivity index (χ2n) is 6.62. The van der Waals surface area contributed by atoms with Crippen LogP contribution in [0.2, 0.25) is 0 Å². The summed E-state index contributed by atoms with van der Waals surface area (Å²) in [6, 6.07) is 13.2. The number of anilines is 1. The largest absolute Gasteiger partial charge is 0.337 e. The van der Waals surface area contributed by atoms with Crippen molar-refractivity contribution >= 4 is 11.7 Å². The van der Waals surface area contributed by atoms with Gasteiger partial charge in [-0.05, 0) is 49.6 Å². The van der Waals surface area contributed by atoms with E-state index in [2.05, 4.69) is 15.5 Å². The van der Waals surface area contributed by atoms with E-state index in [9.17, 15) is 9.18 Å². The van der Waals surface area contributed by atoms with Gasteiger partial charge in [0.15, 0.2) is 0 Å². The molecule has 0 unspecified atom stereocenters. The zero-order chi connectivity index (χ0) is 18.8. The molecule has 1 N–H and O–H groups in total. The van der Waals surface area contributed by atoms with E-state index in [1.165, 1.54) is 12.1 Å². The minimum atomic E-state index is -0.362. The van der Waals surface area contributed by atoms with Crippen LogP contribution in [0.4, 0.5) is 14.9 Å². The van der Waals surface area contributed by atoms with Gasteiger partial charge >= 0.3 is 6.03 Å². The second-order valence-corrected chi connectivity index (χ2v) is 6.62. The van der Waals surface area contributed by atoms with Crippen LogP contribution in [0.25, 0.3) is 11.4 Å². The maximum Gasteiger partial charge on any atom is 0.322 e. The molecule has 1 aliphatic rings. The van der Waals surface area contributed by atoms with Gasteiger partial charge in [0.1, 0.15) is 11.9 Å². The quantitative estimate of drug-likeness (QED) is 0.738. The highest BCUT2D eigenvalue weighted by atomic mass is 19.1. The molecular formula is C20H19FN4O2. The second kappa shape index (κ2) is 7.19. The molecule has 4 rings (SSSR count). The van der Waals surface area contributed by atoms with Crippen molar-refractivity contribution in [1.82, 2.24) is 15.0 Å². The monoisotopic (exact) mass is 366 g/mol. The number of likely N-dealkylation sites (tertiary alicyclic amines) is 1. The van der Waals surface area contributed by atoms with Crippen molar-refractivity contribution in [1.29, 1.82) is 0 Å². The minimum absolute atomic E-state index is 0.200. The predicted octanol–water partition coefficient (Wildman–Crippen LogP) is 4.55. The normalized spacial score (nSPS) is 16.5. The molecule has 0 spiro atoms. The first kappa shape index (κ1) is 17.2. The molecule has 1 atom stereocenters. The molecule has 1 aromatic heterocycles. The fourth-order valence-electron chi connectivity index (χ4n) is 3.30. The van der Waals surface area contributed by atoms with Crippen LogP contribution >= 0.6 is 0 Å². The number of nitrogens with zero attached hydrogens (tertiary/aromatic N) is 3. The van der Waals surface area contributed by atoms with E-state index >= 15 is 0 Å². The third kappa shape index (κ3) is 3.67. The van der Waals surface area contributed by atoms with Crippen molar-refractivity contribution in [2.45, 2.75) is 25.8 Å². The molecule has 0 saturated carbocycles. The third-order valence-electron chi connectivity index (χ3n) is 4.59. The number of urea groups is 1. The first-order valence-electron chi connectivity index (χ1n) is 8.84. The Bertz CT molecular complexity index is 972. The summed E-state index contributed by atoms with van der Waals surface area (Å²) < 4.78 is 18.8. The van der Waals surface area contributed by atoms with Gasteiger partial charge in [0.2, 0.25) is 11.7 Å². The van der Waals surface area contributed by atoms with Crippen LogP contribution in [-0.2, 0) is 0 Å². The van der Waals surface area contributed by atoms with Crippen molar-refractivity contribution in [3.05, 3.63) is 65.8 Å². The van der Waals surface area contributed by atoms with Gasteiger partial charge in [0, 0.05) is 17.8 Å². The molecule has 6 nitrogen and oxygen atoms in total. The van der Waals surface area contributed by atoms with E-state index in [1.54, 1.807) is 17.0 Å². The van der Waals surface area contributed by atoms with Crippen LogP contribution in [0.3, 0.4) is 0 Å².